The van der Waals surface area contributed by atoms with Crippen molar-refractivity contribution in [3.05, 3.63) is 11.8 Å². The minimum absolute atomic E-state index is 0.0417. The Balaban J connectivity index is 2.86. The molecule has 48 valence electrons. The lowest BCUT2D eigenvalue weighted by molar-refractivity contribution is -0.113. The molecule has 0 bridgehead atoms. The van der Waals surface area contributed by atoms with Gasteiger partial charge in [0.25, 0.3) is 0 Å². The predicted molar refractivity (Wildman–Crippen MR) is 35.0 cm³/mol. The topological polar surface area (TPSA) is 55.5 Å². The minimum Gasteiger partial charge on any atom is -0.387 e. The van der Waals surface area contributed by atoms with Gasteiger partial charge in [-0.15, -0.1) is 0 Å². The van der Waals surface area contributed by atoms with Gasteiger partial charge in [-0.2, -0.15) is 0 Å². The van der Waals surface area contributed by atoms with Gasteiger partial charge in [0.05, 0.1) is 6.42 Å². The molecule has 1 aliphatic heterocycles. The van der Waals surface area contributed by atoms with E-state index in [0.29, 0.717) is 11.5 Å². The van der Waals surface area contributed by atoms with Crippen molar-refractivity contribution >= 4 is 11.6 Å². The van der Waals surface area contributed by atoms with Gasteiger partial charge >= 0.3 is 0 Å². The van der Waals surface area contributed by atoms with Gasteiger partial charge in [0.2, 0.25) is 0 Å². The Morgan fingerprint density at radius 1 is 1.78 bits per heavy atom. The number of allylic oxidation sites excluding steroid dienone is 2. The Kier molecular flexibility index (Phi) is 1.34. The quantitative estimate of drug-likeness (QED) is 0.502. The smallest absolute Gasteiger partial charge is 0.164 e. The van der Waals surface area contributed by atoms with Crippen LogP contribution in [0.4, 0.5) is 0 Å². The van der Waals surface area contributed by atoms with Crippen molar-refractivity contribution in [1.82, 2.24) is 0 Å². The number of hydrogen-bond donors (Lipinski definition) is 1. The van der Waals surface area contributed by atoms with E-state index in [1.165, 1.54) is 6.08 Å². The summed E-state index contributed by atoms with van der Waals surface area (Å²) < 4.78 is 0. The number of hydrogen-bond acceptors (Lipinski definition) is 3. The maximum Gasteiger partial charge on any atom is 0.164 e. The number of aliphatic imine (C=N–C) groups is 1. The second-order valence-electron chi connectivity index (χ2n) is 2.03. The molecule has 1 rings (SSSR count). The lowest BCUT2D eigenvalue weighted by Gasteiger charge is -2.02. The molecule has 3 heteroatoms. The summed E-state index contributed by atoms with van der Waals surface area (Å²) in [6, 6.07) is 0. The number of carbonyl (C=O) groups excluding carboxylic acids is 1. The highest BCUT2D eigenvalue weighted by molar-refractivity contribution is 6.07. The Bertz CT molecular complexity index is 203. The molecular formula is C6H8N2O. The van der Waals surface area contributed by atoms with Crippen LogP contribution in [-0.4, -0.2) is 11.6 Å². The third-order valence-corrected chi connectivity index (χ3v) is 1.05. The first-order valence-electron chi connectivity index (χ1n) is 2.72. The summed E-state index contributed by atoms with van der Waals surface area (Å²) in [7, 11) is 0. The summed E-state index contributed by atoms with van der Waals surface area (Å²) in [5, 5.41) is 0. The van der Waals surface area contributed by atoms with Crippen molar-refractivity contribution in [3.63, 3.8) is 0 Å². The van der Waals surface area contributed by atoms with Crippen LogP contribution in [0.15, 0.2) is 16.8 Å². The highest BCUT2D eigenvalue weighted by Crippen LogP contribution is 2.03. The molecule has 0 unspecified atom stereocenters. The van der Waals surface area contributed by atoms with Crippen LogP contribution in [0, 0.1) is 0 Å². The zero-order valence-electron chi connectivity index (χ0n) is 5.22. The summed E-state index contributed by atoms with van der Waals surface area (Å²) in [6.45, 7) is 1.75. The van der Waals surface area contributed by atoms with Crippen LogP contribution < -0.4 is 5.73 Å². The highest BCUT2D eigenvalue weighted by atomic mass is 16.1. The Labute approximate surface area is 53.3 Å². The van der Waals surface area contributed by atoms with E-state index < -0.39 is 0 Å². The normalized spacial score (nSPS) is 19.0. The number of amidine groups is 1. The third kappa shape index (κ3) is 1.38. The van der Waals surface area contributed by atoms with Crippen molar-refractivity contribution in [2.24, 2.45) is 10.7 Å². The first-order valence-corrected chi connectivity index (χ1v) is 2.72. The molecule has 0 aliphatic carbocycles. The van der Waals surface area contributed by atoms with Crippen LogP contribution in [0.25, 0.3) is 0 Å². The molecule has 0 aromatic carbocycles. The number of carbonyl (C=O) groups is 1. The molecule has 0 saturated carbocycles. The molecule has 0 spiro atoms. The molecule has 0 fully saturated rings. The molecule has 1 heterocycles. The van der Waals surface area contributed by atoms with E-state index in [0.717, 1.165) is 0 Å². The van der Waals surface area contributed by atoms with Crippen LogP contribution in [-0.2, 0) is 4.79 Å². The van der Waals surface area contributed by atoms with E-state index in [9.17, 15) is 4.79 Å². The molecule has 9 heavy (non-hydrogen) atoms. The van der Waals surface area contributed by atoms with Crippen molar-refractivity contribution < 1.29 is 4.79 Å². The summed E-state index contributed by atoms with van der Waals surface area (Å²) in [5.41, 5.74) is 6.00. The van der Waals surface area contributed by atoms with E-state index in [-0.39, 0.29) is 12.2 Å². The minimum atomic E-state index is 0.0417. The van der Waals surface area contributed by atoms with Gasteiger partial charge in [-0.25, -0.2) is 4.99 Å². The second kappa shape index (κ2) is 2.01. The van der Waals surface area contributed by atoms with Crippen molar-refractivity contribution in [1.29, 1.82) is 0 Å². The molecule has 0 aromatic heterocycles. The SMILES string of the molecule is CC1=CC(=O)CC(N)=N1. The lowest BCUT2D eigenvalue weighted by atomic mass is 10.2. The van der Waals surface area contributed by atoms with E-state index in [1.54, 1.807) is 6.92 Å². The number of nitrogens with zero attached hydrogens (tertiary/aromatic N) is 1. The third-order valence-electron chi connectivity index (χ3n) is 1.05. The van der Waals surface area contributed by atoms with Gasteiger partial charge in [-0.1, -0.05) is 0 Å². The monoisotopic (exact) mass is 124 g/mol. The maximum atomic E-state index is 10.6. The summed E-state index contributed by atoms with van der Waals surface area (Å²) in [5.74, 6) is 0.458. The number of rotatable bonds is 0. The van der Waals surface area contributed by atoms with Gasteiger partial charge in [-0.05, 0) is 6.92 Å². The zero-order chi connectivity index (χ0) is 6.85. The van der Waals surface area contributed by atoms with Crippen molar-refractivity contribution in [2.45, 2.75) is 13.3 Å². The Hall–Kier alpha value is -1.12. The Morgan fingerprint density at radius 2 is 2.44 bits per heavy atom. The average Bonchev–Trinajstić information content (AvgIpc) is 1.59. The molecule has 0 saturated heterocycles. The summed E-state index contributed by atoms with van der Waals surface area (Å²) in [6.07, 6.45) is 1.77. The highest BCUT2D eigenvalue weighted by Gasteiger charge is 2.06. The van der Waals surface area contributed by atoms with Crippen LogP contribution in [0.3, 0.4) is 0 Å². The molecular weight excluding hydrogens is 116 g/mol. The van der Waals surface area contributed by atoms with E-state index >= 15 is 0 Å². The molecule has 0 aromatic rings. The fourth-order valence-electron chi connectivity index (χ4n) is 0.761. The Morgan fingerprint density at radius 3 is 2.89 bits per heavy atom. The van der Waals surface area contributed by atoms with Gasteiger partial charge in [0, 0.05) is 11.8 Å². The molecule has 3 nitrogen and oxygen atoms in total. The fourth-order valence-corrected chi connectivity index (χ4v) is 0.761. The van der Waals surface area contributed by atoms with Crippen molar-refractivity contribution in [3.8, 4) is 0 Å². The van der Waals surface area contributed by atoms with Crippen LogP contribution >= 0.6 is 0 Å². The van der Waals surface area contributed by atoms with E-state index in [1.807, 2.05) is 0 Å². The lowest BCUT2D eigenvalue weighted by Crippen LogP contribution is -2.18. The summed E-state index contributed by atoms with van der Waals surface area (Å²) in [4.78, 5) is 14.5. The van der Waals surface area contributed by atoms with Gasteiger partial charge < -0.3 is 5.73 Å². The van der Waals surface area contributed by atoms with Crippen LogP contribution in [0.1, 0.15) is 13.3 Å². The zero-order valence-corrected chi connectivity index (χ0v) is 5.22. The molecule has 0 amide bonds. The van der Waals surface area contributed by atoms with Gasteiger partial charge in [0.1, 0.15) is 5.84 Å². The fraction of sp³-hybridized carbons (Fsp3) is 0.333. The molecule has 1 aliphatic rings. The van der Waals surface area contributed by atoms with E-state index in [4.69, 9.17) is 5.73 Å². The second-order valence-corrected chi connectivity index (χ2v) is 2.03. The van der Waals surface area contributed by atoms with Crippen LogP contribution in [0.5, 0.6) is 0 Å². The van der Waals surface area contributed by atoms with Crippen molar-refractivity contribution in [2.75, 3.05) is 0 Å². The first kappa shape index (κ1) is 6.01. The van der Waals surface area contributed by atoms with E-state index in [2.05, 4.69) is 4.99 Å². The first-order chi connectivity index (χ1) is 4.18. The maximum absolute atomic E-state index is 10.6. The molecule has 0 atom stereocenters. The number of ketones is 1. The summed E-state index contributed by atoms with van der Waals surface area (Å²) >= 11 is 0. The molecule has 0 radical (unpaired) electrons. The standard InChI is InChI=1S/C6H8N2O/c1-4-2-5(9)3-6(7)8-4/h2H,3H2,1H3,(H2,7,8). The van der Waals surface area contributed by atoms with Crippen LogP contribution in [0.2, 0.25) is 0 Å². The number of nitrogens with two attached hydrogens (primary N) is 1. The average molecular weight is 124 g/mol. The molecule has 2 N–H and O–H groups in total. The van der Waals surface area contributed by atoms with Gasteiger partial charge in [-0.3, -0.25) is 4.79 Å². The predicted octanol–water partition coefficient (Wildman–Crippen LogP) is 0.220. The van der Waals surface area contributed by atoms with Gasteiger partial charge in [0.15, 0.2) is 5.78 Å². The largest absolute Gasteiger partial charge is 0.387 e.